The monoisotopic (exact) mass is 207 g/mol. The van der Waals surface area contributed by atoms with Gasteiger partial charge in [0, 0.05) is 37.7 Å². The van der Waals surface area contributed by atoms with E-state index in [1.165, 1.54) is 18.2 Å². The molecule has 1 rings (SSSR count). The Hall–Kier alpha value is -0.650. The molecule has 0 aliphatic carbocycles. The number of carbonyl (C=O) groups is 2. The minimum atomic E-state index is -1.24. The van der Waals surface area contributed by atoms with Gasteiger partial charge in [-0.2, -0.15) is 0 Å². The third kappa shape index (κ3) is 3.30. The standard InChI is InChI=1S/C7H5NO4.Ca/c9-6(10)4-2-1-3-5(8-4)7(11)12;/h1-3H,(H,9,10)(H,11,12);. The van der Waals surface area contributed by atoms with Crippen LogP contribution in [0.3, 0.4) is 0 Å². The molecule has 0 aliphatic rings. The average Bonchev–Trinajstić information content (AvgIpc) is 2.04. The Morgan fingerprint density at radius 1 is 1.08 bits per heavy atom. The van der Waals surface area contributed by atoms with Gasteiger partial charge in [-0.3, -0.25) is 0 Å². The summed E-state index contributed by atoms with van der Waals surface area (Å²) in [6, 6.07) is 3.80. The number of carboxylic acids is 2. The van der Waals surface area contributed by atoms with Gasteiger partial charge < -0.3 is 10.2 Å². The molecule has 13 heavy (non-hydrogen) atoms. The van der Waals surface area contributed by atoms with E-state index in [-0.39, 0.29) is 49.1 Å². The van der Waals surface area contributed by atoms with Gasteiger partial charge in [0.15, 0.2) is 0 Å². The van der Waals surface area contributed by atoms with Crippen molar-refractivity contribution in [1.82, 2.24) is 4.98 Å². The molecule has 0 bridgehead atoms. The Balaban J connectivity index is 0.00000144. The number of carboxylic acid groups (broad SMARTS) is 2. The van der Waals surface area contributed by atoms with Crippen molar-refractivity contribution < 1.29 is 19.8 Å². The van der Waals surface area contributed by atoms with Crippen LogP contribution in [0.4, 0.5) is 0 Å². The first-order valence-corrected chi connectivity index (χ1v) is 3.05. The fourth-order valence-electron chi connectivity index (χ4n) is 0.673. The summed E-state index contributed by atoms with van der Waals surface area (Å²) in [4.78, 5) is 24.0. The quantitative estimate of drug-likeness (QED) is 0.671. The van der Waals surface area contributed by atoms with Crippen molar-refractivity contribution in [2.24, 2.45) is 0 Å². The van der Waals surface area contributed by atoms with E-state index >= 15 is 0 Å². The number of pyridine rings is 1. The first-order valence-electron chi connectivity index (χ1n) is 3.05. The maximum atomic E-state index is 10.3. The molecule has 1 aromatic rings. The van der Waals surface area contributed by atoms with Gasteiger partial charge in [-0.05, 0) is 12.1 Å². The van der Waals surface area contributed by atoms with Gasteiger partial charge >= 0.3 is 11.9 Å². The Morgan fingerprint density at radius 2 is 1.46 bits per heavy atom. The van der Waals surface area contributed by atoms with Crippen LogP contribution in [0.5, 0.6) is 0 Å². The molecule has 1 aromatic heterocycles. The second kappa shape index (κ2) is 5.16. The summed E-state index contributed by atoms with van der Waals surface area (Å²) in [6.07, 6.45) is 0. The molecular formula is C7H5CaNO4. The topological polar surface area (TPSA) is 87.5 Å². The van der Waals surface area contributed by atoms with Gasteiger partial charge in [0.1, 0.15) is 11.4 Å². The third-order valence-electron chi connectivity index (χ3n) is 1.19. The number of rotatable bonds is 2. The second-order valence-corrected chi connectivity index (χ2v) is 2.02. The van der Waals surface area contributed by atoms with Crippen molar-refractivity contribution in [3.8, 4) is 0 Å². The maximum Gasteiger partial charge on any atom is 0.354 e. The second-order valence-electron chi connectivity index (χ2n) is 2.02. The van der Waals surface area contributed by atoms with Crippen molar-refractivity contribution in [2.45, 2.75) is 0 Å². The summed E-state index contributed by atoms with van der Waals surface area (Å²) in [5, 5.41) is 16.9. The van der Waals surface area contributed by atoms with Crippen LogP contribution in [-0.2, 0) is 0 Å². The van der Waals surface area contributed by atoms with E-state index < -0.39 is 11.9 Å². The van der Waals surface area contributed by atoms with Crippen LogP contribution in [0.2, 0.25) is 0 Å². The van der Waals surface area contributed by atoms with E-state index in [9.17, 15) is 9.59 Å². The fourth-order valence-corrected chi connectivity index (χ4v) is 0.673. The summed E-state index contributed by atoms with van der Waals surface area (Å²) in [7, 11) is 0. The van der Waals surface area contributed by atoms with E-state index in [2.05, 4.69) is 4.98 Å². The molecule has 0 amide bonds. The Bertz CT molecular complexity index is 310. The van der Waals surface area contributed by atoms with Crippen LogP contribution in [0.1, 0.15) is 21.0 Å². The zero-order chi connectivity index (χ0) is 9.14. The summed E-state index contributed by atoms with van der Waals surface area (Å²) in [6.45, 7) is 0. The molecule has 6 heteroatoms. The number of nitrogens with zero attached hydrogens (tertiary/aromatic N) is 1. The number of hydrogen-bond donors (Lipinski definition) is 2. The summed E-state index contributed by atoms with van der Waals surface area (Å²) in [5.74, 6) is -2.48. The average molecular weight is 207 g/mol. The molecule has 0 aromatic carbocycles. The molecule has 2 N–H and O–H groups in total. The predicted molar refractivity (Wildman–Crippen MR) is 43.9 cm³/mol. The van der Waals surface area contributed by atoms with Crippen molar-refractivity contribution in [3.63, 3.8) is 0 Å². The zero-order valence-corrected chi connectivity index (χ0v) is 8.81. The van der Waals surface area contributed by atoms with Crippen molar-refractivity contribution >= 4 is 49.7 Å². The molecule has 0 unspecified atom stereocenters. The van der Waals surface area contributed by atoms with Crippen LogP contribution in [-0.4, -0.2) is 64.9 Å². The normalized spacial score (nSPS) is 8.62. The zero-order valence-electron chi connectivity index (χ0n) is 6.60. The fraction of sp³-hybridized carbons (Fsp3) is 0. The van der Waals surface area contributed by atoms with Gasteiger partial charge in [-0.25, -0.2) is 14.6 Å². The summed E-state index contributed by atoms with van der Waals surface area (Å²) < 4.78 is 0. The molecule has 0 aliphatic heterocycles. The van der Waals surface area contributed by atoms with E-state index in [4.69, 9.17) is 10.2 Å². The maximum absolute atomic E-state index is 10.3. The Morgan fingerprint density at radius 3 is 1.77 bits per heavy atom. The molecule has 5 nitrogen and oxygen atoms in total. The molecule has 2 radical (unpaired) electrons. The van der Waals surface area contributed by atoms with Crippen LogP contribution in [0, 0.1) is 0 Å². The Kier molecular flexibility index (Phi) is 4.90. The number of hydrogen-bond acceptors (Lipinski definition) is 3. The van der Waals surface area contributed by atoms with Crippen LogP contribution >= 0.6 is 0 Å². The molecule has 64 valence electrons. The molecule has 0 saturated heterocycles. The first kappa shape index (κ1) is 12.3. The van der Waals surface area contributed by atoms with Gasteiger partial charge in [0.2, 0.25) is 0 Å². The molecule has 0 fully saturated rings. The van der Waals surface area contributed by atoms with Crippen molar-refractivity contribution in [3.05, 3.63) is 29.6 Å². The van der Waals surface area contributed by atoms with E-state index in [1.54, 1.807) is 0 Å². The van der Waals surface area contributed by atoms with Crippen molar-refractivity contribution in [2.75, 3.05) is 0 Å². The number of aromatic nitrogens is 1. The minimum absolute atomic E-state index is 0. The first-order chi connectivity index (χ1) is 5.61. The molecule has 1 heterocycles. The molecule has 0 atom stereocenters. The summed E-state index contributed by atoms with van der Waals surface area (Å²) >= 11 is 0. The van der Waals surface area contributed by atoms with Gasteiger partial charge in [0.05, 0.1) is 0 Å². The van der Waals surface area contributed by atoms with Crippen LogP contribution in [0.25, 0.3) is 0 Å². The molecular weight excluding hydrogens is 202 g/mol. The van der Waals surface area contributed by atoms with Gasteiger partial charge in [0.25, 0.3) is 0 Å². The molecule has 0 spiro atoms. The van der Waals surface area contributed by atoms with Crippen LogP contribution in [0.15, 0.2) is 18.2 Å². The Labute approximate surface area is 103 Å². The van der Waals surface area contributed by atoms with E-state index in [0.29, 0.717) is 0 Å². The third-order valence-corrected chi connectivity index (χ3v) is 1.19. The van der Waals surface area contributed by atoms with Crippen LogP contribution < -0.4 is 0 Å². The smallest absolute Gasteiger partial charge is 0.354 e. The minimum Gasteiger partial charge on any atom is -0.477 e. The van der Waals surface area contributed by atoms with Gasteiger partial charge in [-0.1, -0.05) is 6.07 Å². The number of aromatic carboxylic acids is 2. The van der Waals surface area contributed by atoms with E-state index in [0.717, 1.165) is 0 Å². The SMILES string of the molecule is O=C(O)c1cccc(C(=O)O)n1.[Ca]. The summed E-state index contributed by atoms with van der Waals surface area (Å²) in [5.41, 5.74) is -0.537. The molecule has 0 saturated carbocycles. The van der Waals surface area contributed by atoms with Gasteiger partial charge in [-0.15, -0.1) is 0 Å². The largest absolute Gasteiger partial charge is 0.477 e. The van der Waals surface area contributed by atoms with Crippen molar-refractivity contribution in [1.29, 1.82) is 0 Å². The van der Waals surface area contributed by atoms with E-state index in [1.807, 2.05) is 0 Å². The predicted octanol–water partition coefficient (Wildman–Crippen LogP) is 0.0972.